The zero-order valence-electron chi connectivity index (χ0n) is 10.5. The monoisotopic (exact) mass is 280 g/mol. The van der Waals surface area contributed by atoms with Gasteiger partial charge in [-0.1, -0.05) is 18.5 Å². The molecule has 0 fully saturated rings. The van der Waals surface area contributed by atoms with E-state index in [-0.39, 0.29) is 0 Å². The van der Waals surface area contributed by atoms with Crippen LogP contribution in [0.25, 0.3) is 0 Å². The predicted molar refractivity (Wildman–Crippen MR) is 75.1 cm³/mol. The molecule has 0 unspecified atom stereocenters. The van der Waals surface area contributed by atoms with E-state index in [1.807, 2.05) is 6.92 Å². The van der Waals surface area contributed by atoms with Gasteiger partial charge in [-0.3, -0.25) is 0 Å². The van der Waals surface area contributed by atoms with Crippen molar-refractivity contribution >= 4 is 28.9 Å². The SMILES string of the molecule is CCCc1nc(N)cc(Nc2ccc(Cl)cc2F)n1. The van der Waals surface area contributed by atoms with Crippen molar-refractivity contribution in [2.75, 3.05) is 11.1 Å². The summed E-state index contributed by atoms with van der Waals surface area (Å²) in [7, 11) is 0. The van der Waals surface area contributed by atoms with Crippen LogP contribution in [-0.2, 0) is 6.42 Å². The molecular formula is C13H14ClFN4. The van der Waals surface area contributed by atoms with Gasteiger partial charge in [0.1, 0.15) is 23.3 Å². The molecule has 3 N–H and O–H groups in total. The number of aryl methyl sites for hydroxylation is 1. The standard InChI is InChI=1S/C13H14ClFN4/c1-2-3-12-18-11(16)7-13(19-12)17-10-5-4-8(14)6-9(10)15/h4-7H,2-3H2,1H3,(H3,16,17,18,19). The molecule has 0 bridgehead atoms. The number of anilines is 3. The van der Waals surface area contributed by atoms with Gasteiger partial charge in [0.2, 0.25) is 0 Å². The molecule has 19 heavy (non-hydrogen) atoms. The molecule has 0 spiro atoms. The van der Waals surface area contributed by atoms with Crippen molar-refractivity contribution in [3.8, 4) is 0 Å². The molecule has 0 aliphatic rings. The number of nitrogens with two attached hydrogens (primary N) is 1. The molecule has 100 valence electrons. The number of nitrogen functional groups attached to an aromatic ring is 1. The van der Waals surface area contributed by atoms with Gasteiger partial charge >= 0.3 is 0 Å². The maximum absolute atomic E-state index is 13.7. The van der Waals surface area contributed by atoms with Gasteiger partial charge < -0.3 is 11.1 Å². The summed E-state index contributed by atoms with van der Waals surface area (Å²) in [5.41, 5.74) is 6.00. The minimum atomic E-state index is -0.443. The number of nitrogens with one attached hydrogen (secondary N) is 1. The molecule has 1 aromatic heterocycles. The lowest BCUT2D eigenvalue weighted by Gasteiger charge is -2.09. The molecule has 0 radical (unpaired) electrons. The van der Waals surface area contributed by atoms with Crippen LogP contribution in [0, 0.1) is 5.82 Å². The van der Waals surface area contributed by atoms with E-state index in [1.54, 1.807) is 18.2 Å². The lowest BCUT2D eigenvalue weighted by Crippen LogP contribution is -2.04. The van der Waals surface area contributed by atoms with Crippen LogP contribution < -0.4 is 11.1 Å². The highest BCUT2D eigenvalue weighted by Gasteiger charge is 2.06. The van der Waals surface area contributed by atoms with Gasteiger partial charge in [-0.25, -0.2) is 14.4 Å². The Balaban J connectivity index is 2.27. The number of benzene rings is 1. The van der Waals surface area contributed by atoms with Crippen LogP contribution >= 0.6 is 11.6 Å². The molecule has 2 aromatic rings. The van der Waals surface area contributed by atoms with Crippen molar-refractivity contribution in [1.29, 1.82) is 0 Å². The molecule has 1 heterocycles. The van der Waals surface area contributed by atoms with Crippen LogP contribution in [0.2, 0.25) is 5.02 Å². The van der Waals surface area contributed by atoms with Crippen LogP contribution in [0.5, 0.6) is 0 Å². The summed E-state index contributed by atoms with van der Waals surface area (Å²) in [6, 6.07) is 5.95. The predicted octanol–water partition coefficient (Wildman–Crippen LogP) is 3.55. The summed E-state index contributed by atoms with van der Waals surface area (Å²) in [5.74, 6) is 1.02. The van der Waals surface area contributed by atoms with Gasteiger partial charge in [-0.05, 0) is 24.6 Å². The highest BCUT2D eigenvalue weighted by atomic mass is 35.5. The number of aromatic nitrogens is 2. The highest BCUT2D eigenvalue weighted by molar-refractivity contribution is 6.30. The second kappa shape index (κ2) is 5.84. The Labute approximate surface area is 115 Å². The third kappa shape index (κ3) is 3.54. The smallest absolute Gasteiger partial charge is 0.148 e. The molecule has 0 saturated carbocycles. The minimum absolute atomic E-state index is 0.296. The van der Waals surface area contributed by atoms with Crippen molar-refractivity contribution in [2.45, 2.75) is 19.8 Å². The number of halogens is 2. The lowest BCUT2D eigenvalue weighted by atomic mass is 10.3. The molecule has 0 amide bonds. The normalized spacial score (nSPS) is 10.5. The van der Waals surface area contributed by atoms with Gasteiger partial charge in [0.15, 0.2) is 0 Å². The third-order valence-corrected chi connectivity index (χ3v) is 2.69. The van der Waals surface area contributed by atoms with Crippen LogP contribution in [-0.4, -0.2) is 9.97 Å². The Kier molecular flexibility index (Phi) is 4.16. The quantitative estimate of drug-likeness (QED) is 0.899. The van der Waals surface area contributed by atoms with Gasteiger partial charge in [-0.15, -0.1) is 0 Å². The Hall–Kier alpha value is -1.88. The maximum atomic E-state index is 13.7. The summed E-state index contributed by atoms with van der Waals surface area (Å²) in [6.07, 6.45) is 1.64. The summed E-state index contributed by atoms with van der Waals surface area (Å²) in [6.45, 7) is 2.03. The van der Waals surface area contributed by atoms with Crippen molar-refractivity contribution in [3.63, 3.8) is 0 Å². The summed E-state index contributed by atoms with van der Waals surface area (Å²) >= 11 is 5.70. The van der Waals surface area contributed by atoms with Crippen LogP contribution in [0.3, 0.4) is 0 Å². The van der Waals surface area contributed by atoms with Crippen molar-refractivity contribution in [2.24, 2.45) is 0 Å². The van der Waals surface area contributed by atoms with E-state index in [4.69, 9.17) is 17.3 Å². The molecule has 0 aliphatic heterocycles. The highest BCUT2D eigenvalue weighted by Crippen LogP contribution is 2.22. The van der Waals surface area contributed by atoms with Gasteiger partial charge in [-0.2, -0.15) is 0 Å². The Morgan fingerprint density at radius 3 is 2.79 bits per heavy atom. The molecule has 4 nitrogen and oxygen atoms in total. The summed E-state index contributed by atoms with van der Waals surface area (Å²) in [5, 5.41) is 3.22. The lowest BCUT2D eigenvalue weighted by molar-refractivity contribution is 0.632. The van der Waals surface area contributed by atoms with Crippen molar-refractivity contribution < 1.29 is 4.39 Å². The first-order valence-corrected chi connectivity index (χ1v) is 6.32. The van der Waals surface area contributed by atoms with Gasteiger partial charge in [0, 0.05) is 17.5 Å². The van der Waals surface area contributed by atoms with E-state index >= 15 is 0 Å². The van der Waals surface area contributed by atoms with E-state index in [0.717, 1.165) is 12.8 Å². The molecule has 2 rings (SSSR count). The number of rotatable bonds is 4. The number of hydrogen-bond donors (Lipinski definition) is 2. The van der Waals surface area contributed by atoms with Crippen molar-refractivity contribution in [1.82, 2.24) is 9.97 Å². The molecular weight excluding hydrogens is 267 g/mol. The molecule has 0 atom stereocenters. The first kappa shape index (κ1) is 13.5. The maximum Gasteiger partial charge on any atom is 0.148 e. The third-order valence-electron chi connectivity index (χ3n) is 2.46. The molecule has 0 aliphatic carbocycles. The van der Waals surface area contributed by atoms with E-state index in [1.165, 1.54) is 6.07 Å². The fraction of sp³-hybridized carbons (Fsp3) is 0.231. The second-order valence-corrected chi connectivity index (χ2v) is 4.53. The van der Waals surface area contributed by atoms with Gasteiger partial charge in [0.05, 0.1) is 5.69 Å². The number of hydrogen-bond acceptors (Lipinski definition) is 4. The van der Waals surface area contributed by atoms with Crippen LogP contribution in [0.4, 0.5) is 21.7 Å². The van der Waals surface area contributed by atoms with E-state index < -0.39 is 5.82 Å². The first-order valence-electron chi connectivity index (χ1n) is 5.94. The molecule has 1 aromatic carbocycles. The largest absolute Gasteiger partial charge is 0.384 e. The van der Waals surface area contributed by atoms with Gasteiger partial charge in [0.25, 0.3) is 0 Å². The summed E-state index contributed by atoms with van der Waals surface area (Å²) < 4.78 is 13.7. The fourth-order valence-corrected chi connectivity index (χ4v) is 1.80. The average Bonchev–Trinajstić information content (AvgIpc) is 2.32. The van der Waals surface area contributed by atoms with E-state index in [2.05, 4.69) is 15.3 Å². The fourth-order valence-electron chi connectivity index (χ4n) is 1.65. The summed E-state index contributed by atoms with van der Waals surface area (Å²) in [4.78, 5) is 8.39. The van der Waals surface area contributed by atoms with Crippen LogP contribution in [0.1, 0.15) is 19.2 Å². The average molecular weight is 281 g/mol. The van der Waals surface area contributed by atoms with Crippen LogP contribution in [0.15, 0.2) is 24.3 Å². The van der Waals surface area contributed by atoms with Crippen molar-refractivity contribution in [3.05, 3.63) is 40.9 Å². The second-order valence-electron chi connectivity index (χ2n) is 4.09. The topological polar surface area (TPSA) is 63.8 Å². The molecule has 0 saturated heterocycles. The minimum Gasteiger partial charge on any atom is -0.384 e. The zero-order chi connectivity index (χ0) is 13.8. The zero-order valence-corrected chi connectivity index (χ0v) is 11.2. The van der Waals surface area contributed by atoms with E-state index in [0.29, 0.717) is 28.2 Å². The molecule has 6 heteroatoms. The number of nitrogens with zero attached hydrogens (tertiary/aromatic N) is 2. The van der Waals surface area contributed by atoms with E-state index in [9.17, 15) is 4.39 Å². The Morgan fingerprint density at radius 2 is 2.11 bits per heavy atom. The Morgan fingerprint density at radius 1 is 1.32 bits per heavy atom. The Bertz CT molecular complexity index is 589. The first-order chi connectivity index (χ1) is 9.08.